The molecule has 2 heterocycles. The fourth-order valence-corrected chi connectivity index (χ4v) is 2.10. The molecule has 2 heteroatoms. The SMILES string of the molecule is CCC.CN1CCCCC1.CN1CCCCC1. The Balaban J connectivity index is 0.000000247. The van der Waals surface area contributed by atoms with E-state index in [4.69, 9.17) is 0 Å². The molecule has 0 amide bonds. The highest BCUT2D eigenvalue weighted by Crippen LogP contribution is 2.05. The van der Waals surface area contributed by atoms with Gasteiger partial charge in [-0.2, -0.15) is 0 Å². The van der Waals surface area contributed by atoms with Gasteiger partial charge >= 0.3 is 0 Å². The van der Waals surface area contributed by atoms with Gasteiger partial charge in [-0.3, -0.25) is 0 Å². The van der Waals surface area contributed by atoms with Crippen molar-refractivity contribution in [3.05, 3.63) is 0 Å². The van der Waals surface area contributed by atoms with E-state index in [1.165, 1.54) is 71.1 Å². The largest absolute Gasteiger partial charge is 0.306 e. The first-order valence-electron chi connectivity index (χ1n) is 7.57. The minimum Gasteiger partial charge on any atom is -0.306 e. The van der Waals surface area contributed by atoms with E-state index in [9.17, 15) is 0 Å². The van der Waals surface area contributed by atoms with Crippen LogP contribution < -0.4 is 0 Å². The third-order valence-corrected chi connectivity index (χ3v) is 3.16. The van der Waals surface area contributed by atoms with Crippen LogP contribution in [0.1, 0.15) is 58.8 Å². The molecule has 17 heavy (non-hydrogen) atoms. The monoisotopic (exact) mass is 242 g/mol. The third kappa shape index (κ3) is 12.2. The van der Waals surface area contributed by atoms with Gasteiger partial charge < -0.3 is 9.80 Å². The van der Waals surface area contributed by atoms with Crippen LogP contribution in [0.2, 0.25) is 0 Å². The van der Waals surface area contributed by atoms with Crippen molar-refractivity contribution in [2.45, 2.75) is 58.8 Å². The lowest BCUT2D eigenvalue weighted by molar-refractivity contribution is 0.277. The van der Waals surface area contributed by atoms with Crippen molar-refractivity contribution >= 4 is 0 Å². The maximum absolute atomic E-state index is 2.39. The molecular formula is C15H34N2. The van der Waals surface area contributed by atoms with Crippen LogP contribution in [0, 0.1) is 0 Å². The number of hydrogen-bond acceptors (Lipinski definition) is 2. The van der Waals surface area contributed by atoms with E-state index in [1.807, 2.05) is 0 Å². The van der Waals surface area contributed by atoms with Gasteiger partial charge in [0.25, 0.3) is 0 Å². The van der Waals surface area contributed by atoms with Crippen LogP contribution in [0.25, 0.3) is 0 Å². The van der Waals surface area contributed by atoms with Crippen molar-refractivity contribution in [3.8, 4) is 0 Å². The van der Waals surface area contributed by atoms with Gasteiger partial charge in [0.1, 0.15) is 0 Å². The van der Waals surface area contributed by atoms with Gasteiger partial charge in [-0.25, -0.2) is 0 Å². The lowest BCUT2D eigenvalue weighted by atomic mass is 10.1. The van der Waals surface area contributed by atoms with Crippen molar-refractivity contribution in [1.29, 1.82) is 0 Å². The summed E-state index contributed by atoms with van der Waals surface area (Å²) in [5.74, 6) is 0. The number of hydrogen-bond donors (Lipinski definition) is 0. The molecule has 2 rings (SSSR count). The summed E-state index contributed by atoms with van der Waals surface area (Å²) in [4.78, 5) is 4.78. The Bertz CT molecular complexity index is 120. The first-order chi connectivity index (χ1) is 8.20. The smallest absolute Gasteiger partial charge is 0.00218 e. The molecule has 2 aliphatic heterocycles. The molecule has 104 valence electrons. The average molecular weight is 242 g/mol. The molecule has 0 aromatic heterocycles. The normalized spacial score (nSPS) is 21.9. The summed E-state index contributed by atoms with van der Waals surface area (Å²) in [6.07, 6.45) is 9.80. The number of likely N-dealkylation sites (tertiary alicyclic amines) is 2. The number of piperidine rings is 2. The van der Waals surface area contributed by atoms with Crippen LogP contribution in [0.15, 0.2) is 0 Å². The lowest BCUT2D eigenvalue weighted by Crippen LogP contribution is -2.24. The van der Waals surface area contributed by atoms with Gasteiger partial charge in [-0.15, -0.1) is 0 Å². The average Bonchev–Trinajstić information content (AvgIpc) is 2.33. The molecule has 2 nitrogen and oxygen atoms in total. The van der Waals surface area contributed by atoms with E-state index in [0.29, 0.717) is 0 Å². The first kappa shape index (κ1) is 16.9. The van der Waals surface area contributed by atoms with E-state index < -0.39 is 0 Å². The van der Waals surface area contributed by atoms with Crippen molar-refractivity contribution in [2.75, 3.05) is 40.3 Å². The van der Waals surface area contributed by atoms with Crippen molar-refractivity contribution in [1.82, 2.24) is 9.80 Å². The summed E-state index contributed by atoms with van der Waals surface area (Å²) >= 11 is 0. The molecule has 0 bridgehead atoms. The van der Waals surface area contributed by atoms with E-state index >= 15 is 0 Å². The standard InChI is InChI=1S/2C6H13N.C3H8/c2*1-7-5-3-2-4-6-7;1-3-2/h2*2-6H2,1H3;3H2,1-2H3. The van der Waals surface area contributed by atoms with Gasteiger partial charge in [-0.05, 0) is 66.0 Å². The molecule has 0 aromatic rings. The summed E-state index contributed by atoms with van der Waals surface area (Å²) in [7, 11) is 4.39. The highest BCUT2D eigenvalue weighted by atomic mass is 15.1. The topological polar surface area (TPSA) is 6.48 Å². The van der Waals surface area contributed by atoms with E-state index in [2.05, 4.69) is 37.7 Å². The van der Waals surface area contributed by atoms with E-state index in [-0.39, 0.29) is 0 Å². The summed E-state index contributed by atoms with van der Waals surface area (Å²) in [6.45, 7) is 9.53. The molecule has 0 unspecified atom stereocenters. The number of nitrogens with zero attached hydrogens (tertiary/aromatic N) is 2. The van der Waals surface area contributed by atoms with Gasteiger partial charge in [-0.1, -0.05) is 33.1 Å². The number of rotatable bonds is 0. The van der Waals surface area contributed by atoms with Gasteiger partial charge in [0.15, 0.2) is 0 Å². The van der Waals surface area contributed by atoms with Crippen LogP contribution >= 0.6 is 0 Å². The third-order valence-electron chi connectivity index (χ3n) is 3.16. The molecular weight excluding hydrogens is 208 g/mol. The van der Waals surface area contributed by atoms with Crippen LogP contribution in [-0.2, 0) is 0 Å². The highest BCUT2D eigenvalue weighted by Gasteiger charge is 2.02. The van der Waals surface area contributed by atoms with Crippen molar-refractivity contribution < 1.29 is 0 Å². The first-order valence-corrected chi connectivity index (χ1v) is 7.57. The molecule has 0 radical (unpaired) electrons. The second-order valence-electron chi connectivity index (χ2n) is 5.43. The summed E-state index contributed by atoms with van der Waals surface area (Å²) in [6, 6.07) is 0. The van der Waals surface area contributed by atoms with Gasteiger partial charge in [0, 0.05) is 0 Å². The van der Waals surface area contributed by atoms with Crippen molar-refractivity contribution in [2.24, 2.45) is 0 Å². The maximum atomic E-state index is 2.39. The minimum atomic E-state index is 1.25. The Morgan fingerprint density at radius 2 is 0.824 bits per heavy atom. The molecule has 0 aliphatic carbocycles. The van der Waals surface area contributed by atoms with Crippen molar-refractivity contribution in [3.63, 3.8) is 0 Å². The second kappa shape index (κ2) is 12.4. The molecule has 0 aromatic carbocycles. The molecule has 0 N–H and O–H groups in total. The molecule has 0 atom stereocenters. The van der Waals surface area contributed by atoms with Gasteiger partial charge in [0.2, 0.25) is 0 Å². The highest BCUT2D eigenvalue weighted by molar-refractivity contribution is 4.58. The molecule has 2 saturated heterocycles. The van der Waals surface area contributed by atoms with Gasteiger partial charge in [0.05, 0.1) is 0 Å². The molecule has 0 spiro atoms. The summed E-state index contributed by atoms with van der Waals surface area (Å²) < 4.78 is 0. The molecule has 0 saturated carbocycles. The summed E-state index contributed by atoms with van der Waals surface area (Å²) in [5.41, 5.74) is 0. The Labute approximate surface area is 109 Å². The fourth-order valence-electron chi connectivity index (χ4n) is 2.10. The quantitative estimate of drug-likeness (QED) is 0.640. The van der Waals surface area contributed by atoms with Crippen LogP contribution in [0.5, 0.6) is 0 Å². The van der Waals surface area contributed by atoms with Crippen LogP contribution in [-0.4, -0.2) is 50.1 Å². The second-order valence-corrected chi connectivity index (χ2v) is 5.43. The Morgan fingerprint density at radius 1 is 0.588 bits per heavy atom. The Hall–Kier alpha value is -0.0800. The lowest BCUT2D eigenvalue weighted by Gasteiger charge is -2.20. The fraction of sp³-hybridized carbons (Fsp3) is 1.00. The van der Waals surface area contributed by atoms with Crippen LogP contribution in [0.4, 0.5) is 0 Å². The zero-order valence-corrected chi connectivity index (χ0v) is 12.7. The molecule has 2 fully saturated rings. The van der Waals surface area contributed by atoms with Crippen LogP contribution in [0.3, 0.4) is 0 Å². The Morgan fingerprint density at radius 3 is 0.941 bits per heavy atom. The predicted molar refractivity (Wildman–Crippen MR) is 78.7 cm³/mol. The summed E-state index contributed by atoms with van der Waals surface area (Å²) in [5, 5.41) is 0. The maximum Gasteiger partial charge on any atom is -0.00218 e. The minimum absolute atomic E-state index is 1.25. The zero-order chi connectivity index (χ0) is 12.9. The van der Waals surface area contributed by atoms with E-state index in [1.54, 1.807) is 0 Å². The molecule has 2 aliphatic rings. The zero-order valence-electron chi connectivity index (χ0n) is 12.7. The predicted octanol–water partition coefficient (Wildman–Crippen LogP) is 3.62. The van der Waals surface area contributed by atoms with E-state index in [0.717, 1.165) is 0 Å². The Kier molecular flexibility index (Phi) is 12.3.